The van der Waals surface area contributed by atoms with Gasteiger partial charge in [0, 0.05) is 10.9 Å². The lowest BCUT2D eigenvalue weighted by Crippen LogP contribution is -2.05. The molecule has 0 aliphatic carbocycles. The van der Waals surface area contributed by atoms with Gasteiger partial charge in [-0.25, -0.2) is 4.39 Å². The fourth-order valence-corrected chi connectivity index (χ4v) is 5.09. The van der Waals surface area contributed by atoms with E-state index in [0.717, 1.165) is 40.3 Å². The summed E-state index contributed by atoms with van der Waals surface area (Å²) in [6, 6.07) is 24.3. The minimum absolute atomic E-state index is 0.0895. The molecule has 1 N–H and O–H groups in total. The SMILES string of the molecule is C=C(O)c1cc(C/C(C)=C\C=C(/C)c2cc(C)ccc2CCc2cccc(P)c2F)cc2ccccc12. The quantitative estimate of drug-likeness (QED) is 0.143. The first-order valence-corrected chi connectivity index (χ1v) is 13.2. The minimum atomic E-state index is -0.131. The van der Waals surface area contributed by atoms with Crippen LogP contribution in [0.5, 0.6) is 0 Å². The number of aryl methyl sites for hydroxylation is 3. The standard InChI is InChI=1S/C34H34FOP/c1-22(18-26-20-29-8-5-6-10-30(29)32(21-26)25(4)36)12-14-24(3)31-19-23(2)13-15-27(31)16-17-28-9-7-11-33(37)34(28)35/h5-15,19-21,36H,4,16-18,37H2,1-3H3/b22-12-,24-14+. The van der Waals surface area contributed by atoms with Crippen molar-refractivity contribution in [3.63, 3.8) is 0 Å². The maximum absolute atomic E-state index is 14.5. The van der Waals surface area contributed by atoms with Crippen molar-refractivity contribution in [3.05, 3.63) is 136 Å². The van der Waals surface area contributed by atoms with Gasteiger partial charge in [0.1, 0.15) is 11.6 Å². The summed E-state index contributed by atoms with van der Waals surface area (Å²) in [5.41, 5.74) is 8.70. The molecular formula is C34H34FOP. The molecule has 4 rings (SSSR count). The van der Waals surface area contributed by atoms with E-state index >= 15 is 0 Å². The Kier molecular flexibility index (Phi) is 8.41. The molecule has 1 atom stereocenters. The molecule has 4 aromatic carbocycles. The molecule has 0 bridgehead atoms. The first-order valence-electron chi connectivity index (χ1n) is 12.6. The van der Waals surface area contributed by atoms with Crippen LogP contribution in [0.15, 0.2) is 97.1 Å². The molecule has 1 nitrogen and oxygen atoms in total. The Hall–Kier alpha value is -3.48. The number of halogens is 1. The smallest absolute Gasteiger partial charge is 0.133 e. The third-order valence-corrected chi connectivity index (χ3v) is 7.24. The predicted octanol–water partition coefficient (Wildman–Crippen LogP) is 8.69. The third-order valence-electron chi connectivity index (χ3n) is 6.80. The van der Waals surface area contributed by atoms with Crippen LogP contribution < -0.4 is 5.30 Å². The molecule has 0 saturated carbocycles. The van der Waals surface area contributed by atoms with Crippen molar-refractivity contribution in [1.29, 1.82) is 0 Å². The van der Waals surface area contributed by atoms with Crippen LogP contribution in [0.25, 0.3) is 22.1 Å². The molecule has 0 fully saturated rings. The molecule has 4 aromatic rings. The molecule has 0 amide bonds. The summed E-state index contributed by atoms with van der Waals surface area (Å²) in [6.07, 6.45) is 6.55. The minimum Gasteiger partial charge on any atom is -0.508 e. The molecule has 1 unspecified atom stereocenters. The largest absolute Gasteiger partial charge is 0.508 e. The van der Waals surface area contributed by atoms with Gasteiger partial charge in [0.15, 0.2) is 0 Å². The topological polar surface area (TPSA) is 20.2 Å². The van der Waals surface area contributed by atoms with Crippen LogP contribution in [0.1, 0.15) is 47.2 Å². The molecule has 0 aliphatic rings. The van der Waals surface area contributed by atoms with Gasteiger partial charge in [-0.05, 0) is 84.7 Å². The number of aliphatic hydroxyl groups is 1. The number of hydrogen-bond donors (Lipinski definition) is 1. The second kappa shape index (κ2) is 11.7. The van der Waals surface area contributed by atoms with Crippen LogP contribution in [0.2, 0.25) is 0 Å². The highest BCUT2D eigenvalue weighted by Gasteiger charge is 2.10. The molecule has 0 aliphatic heterocycles. The van der Waals surface area contributed by atoms with Crippen molar-refractivity contribution in [1.82, 2.24) is 0 Å². The number of rotatable bonds is 8. The summed E-state index contributed by atoms with van der Waals surface area (Å²) in [6.45, 7) is 10.1. The van der Waals surface area contributed by atoms with Crippen molar-refractivity contribution in [3.8, 4) is 0 Å². The van der Waals surface area contributed by atoms with Gasteiger partial charge in [-0.15, -0.1) is 9.24 Å². The van der Waals surface area contributed by atoms with E-state index in [2.05, 4.69) is 79.1 Å². The van der Waals surface area contributed by atoms with Gasteiger partial charge in [0.2, 0.25) is 0 Å². The van der Waals surface area contributed by atoms with E-state index < -0.39 is 0 Å². The van der Waals surface area contributed by atoms with Crippen LogP contribution in [0, 0.1) is 12.7 Å². The number of benzene rings is 4. The third kappa shape index (κ3) is 6.45. The zero-order valence-corrected chi connectivity index (χ0v) is 23.0. The summed E-state index contributed by atoms with van der Waals surface area (Å²) in [4.78, 5) is 0. The van der Waals surface area contributed by atoms with Crippen LogP contribution in [-0.2, 0) is 19.3 Å². The van der Waals surface area contributed by atoms with E-state index in [9.17, 15) is 9.50 Å². The van der Waals surface area contributed by atoms with Gasteiger partial charge >= 0.3 is 0 Å². The Morgan fingerprint density at radius 3 is 2.43 bits per heavy atom. The highest BCUT2D eigenvalue weighted by molar-refractivity contribution is 7.27. The summed E-state index contributed by atoms with van der Waals surface area (Å²) in [5.74, 6) is -0.0414. The average Bonchev–Trinajstić information content (AvgIpc) is 2.88. The maximum atomic E-state index is 14.5. The molecule has 37 heavy (non-hydrogen) atoms. The highest BCUT2D eigenvalue weighted by Crippen LogP contribution is 2.27. The lowest BCUT2D eigenvalue weighted by atomic mass is 9.93. The van der Waals surface area contributed by atoms with Crippen molar-refractivity contribution in [2.24, 2.45) is 0 Å². The van der Waals surface area contributed by atoms with E-state index in [1.165, 1.54) is 27.8 Å². The van der Waals surface area contributed by atoms with Crippen molar-refractivity contribution < 1.29 is 9.50 Å². The lowest BCUT2D eigenvalue weighted by Gasteiger charge is -2.13. The molecular weight excluding hydrogens is 474 g/mol. The van der Waals surface area contributed by atoms with Crippen LogP contribution in [-0.4, -0.2) is 5.11 Å². The zero-order chi connectivity index (χ0) is 26.5. The van der Waals surface area contributed by atoms with Gasteiger partial charge in [-0.2, -0.15) is 0 Å². The summed E-state index contributed by atoms with van der Waals surface area (Å²) in [5, 5.41) is 12.8. The van der Waals surface area contributed by atoms with E-state index in [4.69, 9.17) is 0 Å². The zero-order valence-electron chi connectivity index (χ0n) is 21.8. The first-order chi connectivity index (χ1) is 17.7. The van der Waals surface area contributed by atoms with Gasteiger partial charge in [-0.1, -0.05) is 96.6 Å². The van der Waals surface area contributed by atoms with Gasteiger partial charge < -0.3 is 5.11 Å². The maximum Gasteiger partial charge on any atom is 0.133 e. The van der Waals surface area contributed by atoms with Crippen molar-refractivity contribution in [2.45, 2.75) is 40.0 Å². The summed E-state index contributed by atoms with van der Waals surface area (Å²) < 4.78 is 14.5. The molecule has 0 saturated heterocycles. The van der Waals surface area contributed by atoms with Gasteiger partial charge in [0.05, 0.1) is 0 Å². The van der Waals surface area contributed by atoms with Crippen molar-refractivity contribution >= 4 is 36.6 Å². The highest BCUT2D eigenvalue weighted by atomic mass is 31.0. The second-order valence-corrected chi connectivity index (χ2v) is 10.5. The van der Waals surface area contributed by atoms with E-state index in [1.807, 2.05) is 36.4 Å². The Morgan fingerprint density at radius 1 is 0.892 bits per heavy atom. The summed E-state index contributed by atoms with van der Waals surface area (Å²) in [7, 11) is 2.47. The Morgan fingerprint density at radius 2 is 1.65 bits per heavy atom. The number of fused-ring (bicyclic) bond motifs is 1. The van der Waals surface area contributed by atoms with Crippen LogP contribution >= 0.6 is 9.24 Å². The Labute approximate surface area is 222 Å². The molecule has 0 radical (unpaired) electrons. The van der Waals surface area contributed by atoms with E-state index in [-0.39, 0.29) is 11.6 Å². The summed E-state index contributed by atoms with van der Waals surface area (Å²) >= 11 is 0. The number of allylic oxidation sites excluding steroid dienone is 4. The average molecular weight is 509 g/mol. The molecule has 0 aromatic heterocycles. The molecule has 188 valence electrons. The Bertz CT molecular complexity index is 1530. The fraction of sp³-hybridized carbons (Fsp3) is 0.176. The predicted molar refractivity (Wildman–Crippen MR) is 161 cm³/mol. The monoisotopic (exact) mass is 508 g/mol. The Balaban J connectivity index is 1.56. The fourth-order valence-electron chi connectivity index (χ4n) is 4.79. The molecule has 0 heterocycles. The van der Waals surface area contributed by atoms with Gasteiger partial charge in [-0.3, -0.25) is 0 Å². The van der Waals surface area contributed by atoms with Crippen LogP contribution in [0.4, 0.5) is 4.39 Å². The van der Waals surface area contributed by atoms with Crippen LogP contribution in [0.3, 0.4) is 0 Å². The second-order valence-electron chi connectivity index (χ2n) is 9.83. The normalized spacial score (nSPS) is 12.2. The first kappa shape index (κ1) is 26.6. The van der Waals surface area contributed by atoms with E-state index in [0.29, 0.717) is 11.7 Å². The molecule has 3 heteroatoms. The van der Waals surface area contributed by atoms with Gasteiger partial charge in [0.25, 0.3) is 0 Å². The van der Waals surface area contributed by atoms with E-state index in [1.54, 1.807) is 6.07 Å². The van der Waals surface area contributed by atoms with Crippen molar-refractivity contribution in [2.75, 3.05) is 0 Å². The number of aliphatic hydroxyl groups excluding tert-OH is 1. The number of hydrogen-bond acceptors (Lipinski definition) is 1. The molecule has 0 spiro atoms. The lowest BCUT2D eigenvalue weighted by molar-refractivity contribution is 0.514.